The van der Waals surface area contributed by atoms with Crippen LogP contribution in [-0.4, -0.2) is 29.0 Å². The van der Waals surface area contributed by atoms with Crippen LogP contribution in [0.1, 0.15) is 23.5 Å². The maximum atomic E-state index is 4.39. The van der Waals surface area contributed by atoms with Crippen molar-refractivity contribution >= 4 is 17.2 Å². The Morgan fingerprint density at radius 2 is 2.22 bits per heavy atom. The van der Waals surface area contributed by atoms with Gasteiger partial charge in [-0.3, -0.25) is 9.88 Å². The lowest BCUT2D eigenvalue weighted by molar-refractivity contribution is 0.253. The fourth-order valence-corrected chi connectivity index (χ4v) is 2.55. The molecule has 0 amide bonds. The van der Waals surface area contributed by atoms with Gasteiger partial charge < -0.3 is 5.32 Å². The fraction of sp³-hybridized carbons (Fsp3) is 0.385. The van der Waals surface area contributed by atoms with Crippen LogP contribution in [0.25, 0.3) is 0 Å². The molecule has 0 radical (unpaired) electrons. The van der Waals surface area contributed by atoms with Gasteiger partial charge in [0.05, 0.1) is 18.1 Å². The van der Waals surface area contributed by atoms with Crippen molar-refractivity contribution in [2.75, 3.05) is 19.4 Å². The third kappa shape index (κ3) is 3.05. The Kier molecular flexibility index (Phi) is 4.28. The average molecular weight is 262 g/mol. The Labute approximate surface area is 112 Å². The van der Waals surface area contributed by atoms with Crippen LogP contribution in [0.2, 0.25) is 0 Å². The van der Waals surface area contributed by atoms with E-state index in [2.05, 4.69) is 51.7 Å². The highest BCUT2D eigenvalue weighted by molar-refractivity contribution is 7.10. The zero-order valence-electron chi connectivity index (χ0n) is 10.9. The van der Waals surface area contributed by atoms with Gasteiger partial charge in [-0.05, 0) is 25.4 Å². The van der Waals surface area contributed by atoms with E-state index in [4.69, 9.17) is 0 Å². The number of nitrogens with zero attached hydrogens (tertiary/aromatic N) is 3. The van der Waals surface area contributed by atoms with E-state index in [1.165, 1.54) is 4.88 Å². The predicted octanol–water partition coefficient (Wildman–Crippen LogP) is 2.77. The monoisotopic (exact) mass is 262 g/mol. The van der Waals surface area contributed by atoms with Gasteiger partial charge in [-0.2, -0.15) is 0 Å². The molecule has 2 heterocycles. The molecule has 4 nitrogen and oxygen atoms in total. The van der Waals surface area contributed by atoms with E-state index in [0.717, 1.165) is 18.1 Å². The molecule has 2 aromatic rings. The summed E-state index contributed by atoms with van der Waals surface area (Å²) in [4.78, 5) is 12.3. The van der Waals surface area contributed by atoms with Gasteiger partial charge in [0.1, 0.15) is 5.82 Å². The number of rotatable bonds is 5. The zero-order valence-corrected chi connectivity index (χ0v) is 11.7. The smallest absolute Gasteiger partial charge is 0.144 e. The molecular weight excluding hydrogens is 244 g/mol. The first-order chi connectivity index (χ1) is 8.70. The summed E-state index contributed by atoms with van der Waals surface area (Å²) in [5.41, 5.74) is 0.986. The molecule has 0 fully saturated rings. The lowest BCUT2D eigenvalue weighted by atomic mass is 10.2. The van der Waals surface area contributed by atoms with E-state index in [0.29, 0.717) is 6.04 Å². The number of hydrogen-bond acceptors (Lipinski definition) is 5. The second-order valence-corrected chi connectivity index (χ2v) is 5.23. The Morgan fingerprint density at radius 1 is 1.39 bits per heavy atom. The maximum Gasteiger partial charge on any atom is 0.144 e. The van der Waals surface area contributed by atoms with Gasteiger partial charge in [-0.25, -0.2) is 4.98 Å². The van der Waals surface area contributed by atoms with Crippen LogP contribution in [0.4, 0.5) is 5.82 Å². The maximum absolute atomic E-state index is 4.39. The van der Waals surface area contributed by atoms with Crippen LogP contribution in [-0.2, 0) is 6.54 Å². The summed E-state index contributed by atoms with van der Waals surface area (Å²) in [7, 11) is 3.95. The Hall–Kier alpha value is -1.46. The lowest BCUT2D eigenvalue weighted by Gasteiger charge is -2.23. The topological polar surface area (TPSA) is 41.1 Å². The zero-order chi connectivity index (χ0) is 13.0. The Bertz CT molecular complexity index is 466. The Balaban J connectivity index is 1.99. The lowest BCUT2D eigenvalue weighted by Crippen LogP contribution is -2.21. The van der Waals surface area contributed by atoms with E-state index in [1.807, 2.05) is 13.2 Å². The molecule has 0 aromatic carbocycles. The number of thiophene rings is 1. The normalized spacial score (nSPS) is 12.7. The van der Waals surface area contributed by atoms with Crippen LogP contribution < -0.4 is 5.32 Å². The van der Waals surface area contributed by atoms with Crippen LogP contribution in [0.3, 0.4) is 0 Å². The van der Waals surface area contributed by atoms with Crippen molar-refractivity contribution in [2.45, 2.75) is 19.5 Å². The van der Waals surface area contributed by atoms with E-state index in [9.17, 15) is 0 Å². The first-order valence-corrected chi connectivity index (χ1v) is 6.81. The average Bonchev–Trinajstić information content (AvgIpc) is 2.92. The first kappa shape index (κ1) is 13.0. The second-order valence-electron chi connectivity index (χ2n) is 4.25. The van der Waals surface area contributed by atoms with Crippen molar-refractivity contribution in [2.24, 2.45) is 0 Å². The molecular formula is C13H18N4S. The van der Waals surface area contributed by atoms with E-state index >= 15 is 0 Å². The molecule has 1 unspecified atom stereocenters. The molecule has 0 saturated heterocycles. The molecule has 0 bridgehead atoms. The molecule has 0 aliphatic heterocycles. The van der Waals surface area contributed by atoms with Gasteiger partial charge >= 0.3 is 0 Å². The van der Waals surface area contributed by atoms with Gasteiger partial charge in [0, 0.05) is 24.5 Å². The summed E-state index contributed by atoms with van der Waals surface area (Å²) < 4.78 is 0. The number of aromatic nitrogens is 2. The van der Waals surface area contributed by atoms with Crippen molar-refractivity contribution in [3.05, 3.63) is 40.5 Å². The molecule has 1 N–H and O–H groups in total. The van der Waals surface area contributed by atoms with Crippen LogP contribution in [0.15, 0.2) is 29.9 Å². The largest absolute Gasteiger partial charge is 0.372 e. The summed E-state index contributed by atoms with van der Waals surface area (Å²) in [6.45, 7) is 3.01. The molecule has 96 valence electrons. The summed E-state index contributed by atoms with van der Waals surface area (Å²) in [6, 6.07) is 4.66. The highest BCUT2D eigenvalue weighted by Gasteiger charge is 2.13. The Morgan fingerprint density at radius 3 is 2.78 bits per heavy atom. The van der Waals surface area contributed by atoms with Gasteiger partial charge in [0.2, 0.25) is 0 Å². The second kappa shape index (κ2) is 5.93. The molecule has 0 aliphatic rings. The van der Waals surface area contributed by atoms with Crippen molar-refractivity contribution in [1.29, 1.82) is 0 Å². The van der Waals surface area contributed by atoms with E-state index in [-0.39, 0.29) is 0 Å². The molecule has 2 aromatic heterocycles. The summed E-state index contributed by atoms with van der Waals surface area (Å²) >= 11 is 1.79. The highest BCUT2D eigenvalue weighted by atomic mass is 32.1. The highest BCUT2D eigenvalue weighted by Crippen LogP contribution is 2.24. The third-order valence-electron chi connectivity index (χ3n) is 2.99. The van der Waals surface area contributed by atoms with E-state index < -0.39 is 0 Å². The number of anilines is 1. The molecule has 1 atom stereocenters. The first-order valence-electron chi connectivity index (χ1n) is 5.93. The molecule has 0 spiro atoms. The van der Waals surface area contributed by atoms with Crippen LogP contribution >= 0.6 is 11.3 Å². The predicted molar refractivity (Wildman–Crippen MR) is 75.8 cm³/mol. The summed E-state index contributed by atoms with van der Waals surface area (Å²) in [5, 5.41) is 5.08. The molecule has 18 heavy (non-hydrogen) atoms. The van der Waals surface area contributed by atoms with Crippen LogP contribution in [0.5, 0.6) is 0 Å². The van der Waals surface area contributed by atoms with Crippen LogP contribution in [0, 0.1) is 0 Å². The standard InChI is InChI=1S/C13H18N4S/c1-10(12-5-4-6-18-12)17(3)9-11-7-16-13(14-2)8-15-11/h4-8,10H,9H2,1-3H3,(H,14,16). The van der Waals surface area contributed by atoms with Gasteiger partial charge in [-0.15, -0.1) is 11.3 Å². The quantitative estimate of drug-likeness (QED) is 0.899. The molecule has 2 rings (SSSR count). The van der Waals surface area contributed by atoms with Crippen molar-refractivity contribution in [3.8, 4) is 0 Å². The summed E-state index contributed by atoms with van der Waals surface area (Å²) in [6.07, 6.45) is 3.59. The SMILES string of the molecule is CNc1cnc(CN(C)C(C)c2cccs2)cn1. The minimum Gasteiger partial charge on any atom is -0.372 e. The van der Waals surface area contributed by atoms with Crippen molar-refractivity contribution in [3.63, 3.8) is 0 Å². The van der Waals surface area contributed by atoms with Gasteiger partial charge in [0.25, 0.3) is 0 Å². The van der Waals surface area contributed by atoms with Gasteiger partial charge in [-0.1, -0.05) is 6.07 Å². The van der Waals surface area contributed by atoms with Gasteiger partial charge in [0.15, 0.2) is 0 Å². The minimum absolute atomic E-state index is 0.399. The van der Waals surface area contributed by atoms with E-state index in [1.54, 1.807) is 17.5 Å². The molecule has 5 heteroatoms. The summed E-state index contributed by atoms with van der Waals surface area (Å²) in [5.74, 6) is 0.799. The van der Waals surface area contributed by atoms with Crippen molar-refractivity contribution in [1.82, 2.24) is 14.9 Å². The number of hydrogen-bond donors (Lipinski definition) is 1. The molecule has 0 aliphatic carbocycles. The number of nitrogens with one attached hydrogen (secondary N) is 1. The van der Waals surface area contributed by atoms with Crippen molar-refractivity contribution < 1.29 is 0 Å². The molecule has 0 saturated carbocycles. The third-order valence-corrected chi connectivity index (χ3v) is 4.03. The minimum atomic E-state index is 0.399. The fourth-order valence-electron chi connectivity index (χ4n) is 1.70.